The van der Waals surface area contributed by atoms with Gasteiger partial charge in [-0.2, -0.15) is 4.98 Å². The van der Waals surface area contributed by atoms with Crippen LogP contribution in [0.5, 0.6) is 0 Å². The molecule has 10 nitrogen and oxygen atoms in total. The zero-order valence-electron chi connectivity index (χ0n) is 26.7. The summed E-state index contributed by atoms with van der Waals surface area (Å²) in [4.78, 5) is 19.8. The maximum absolute atomic E-state index is 13.6. The summed E-state index contributed by atoms with van der Waals surface area (Å²) in [5, 5.41) is 4.66. The van der Waals surface area contributed by atoms with Crippen molar-refractivity contribution in [2.45, 2.75) is 141 Å². The molecule has 0 N–H and O–H groups in total. The zero-order valence-corrected chi connectivity index (χ0v) is 28.4. The number of halogens is 1. The van der Waals surface area contributed by atoms with Crippen molar-refractivity contribution >= 4 is 37.3 Å². The van der Waals surface area contributed by atoms with Gasteiger partial charge in [0.2, 0.25) is 5.28 Å². The lowest BCUT2D eigenvalue weighted by Crippen LogP contribution is -2.44. The minimum Gasteiger partial charge on any atom is -0.443 e. The van der Waals surface area contributed by atoms with Crippen LogP contribution in [0, 0.1) is 0 Å². The molecule has 5 rings (SSSR count). The van der Waals surface area contributed by atoms with Crippen LogP contribution in [-0.2, 0) is 23.4 Å². The van der Waals surface area contributed by atoms with Crippen molar-refractivity contribution in [2.75, 3.05) is 11.5 Å². The Morgan fingerprint density at radius 1 is 1.12 bits per heavy atom. The fraction of sp³-hybridized carbons (Fsp3) is 0.767. The molecule has 2 aliphatic heterocycles. The molecule has 12 heteroatoms. The molecule has 1 amide bonds. The Hall–Kier alpha value is -1.76. The lowest BCUT2D eigenvalue weighted by molar-refractivity contribution is -0.191. The first-order chi connectivity index (χ1) is 19.4. The minimum atomic E-state index is -2.02. The second-order valence-electron chi connectivity index (χ2n) is 14.8. The summed E-state index contributed by atoms with van der Waals surface area (Å²) < 4.78 is 33.5. The molecular formula is C30H47ClN4O6Si. The van der Waals surface area contributed by atoms with Gasteiger partial charge in [-0.25, -0.2) is 9.31 Å². The molecule has 4 heterocycles. The summed E-state index contributed by atoms with van der Waals surface area (Å²) in [5.41, 5.74) is 0.735. The van der Waals surface area contributed by atoms with E-state index < -0.39 is 31.9 Å². The van der Waals surface area contributed by atoms with E-state index in [1.54, 1.807) is 9.42 Å². The van der Waals surface area contributed by atoms with Crippen molar-refractivity contribution < 1.29 is 28.2 Å². The van der Waals surface area contributed by atoms with Gasteiger partial charge in [0.15, 0.2) is 19.9 Å². The maximum atomic E-state index is 13.6. The van der Waals surface area contributed by atoms with E-state index in [1.807, 2.05) is 46.8 Å². The van der Waals surface area contributed by atoms with Gasteiger partial charge in [-0.05, 0) is 89.3 Å². The van der Waals surface area contributed by atoms with E-state index in [9.17, 15) is 4.79 Å². The van der Waals surface area contributed by atoms with Crippen molar-refractivity contribution in [2.24, 2.45) is 0 Å². The van der Waals surface area contributed by atoms with Gasteiger partial charge in [0.05, 0.1) is 12.3 Å². The summed E-state index contributed by atoms with van der Waals surface area (Å²) in [5.74, 6) is -0.341. The standard InChI is InChI=1S/C30H47ClN4O6Si/c1-28(2,3)41-27(36)34(18-13-11-12-14-18)25-20-16-15-19(35(20)33-26(31)32-25)22-24-23(39-30(7,8)40-24)21(38-22)17-37-42(9,10)29(4,5)6/h15-16,18,21-24H,11-14,17H2,1-10H3/t21-,22-,23-,24+/m1/s1. The third-order valence-corrected chi connectivity index (χ3v) is 13.5. The van der Waals surface area contributed by atoms with Gasteiger partial charge in [-0.3, -0.25) is 4.90 Å². The highest BCUT2D eigenvalue weighted by atomic mass is 35.5. The Bertz CT molecular complexity index is 1310. The number of nitrogens with zero attached hydrogens (tertiary/aromatic N) is 4. The van der Waals surface area contributed by atoms with E-state index in [-0.39, 0.29) is 34.7 Å². The molecule has 4 atom stereocenters. The molecule has 0 spiro atoms. The fourth-order valence-corrected chi connectivity index (χ4v) is 6.98. The second kappa shape index (κ2) is 11.0. The average molecular weight is 623 g/mol. The molecule has 234 valence electrons. The molecule has 3 fully saturated rings. The van der Waals surface area contributed by atoms with Crippen LogP contribution < -0.4 is 4.90 Å². The van der Waals surface area contributed by atoms with Crippen molar-refractivity contribution in [1.29, 1.82) is 0 Å². The van der Waals surface area contributed by atoms with Crippen LogP contribution in [0.2, 0.25) is 23.4 Å². The number of hydrogen-bond donors (Lipinski definition) is 0. The van der Waals surface area contributed by atoms with Crippen LogP contribution in [0.4, 0.5) is 10.6 Å². The van der Waals surface area contributed by atoms with Gasteiger partial charge in [-0.15, -0.1) is 5.10 Å². The van der Waals surface area contributed by atoms with Gasteiger partial charge in [-0.1, -0.05) is 33.6 Å². The van der Waals surface area contributed by atoms with Crippen LogP contribution in [-0.4, -0.2) is 71.4 Å². The molecule has 0 unspecified atom stereocenters. The Morgan fingerprint density at radius 2 is 1.76 bits per heavy atom. The van der Waals surface area contributed by atoms with Crippen LogP contribution in [0.3, 0.4) is 0 Å². The van der Waals surface area contributed by atoms with Gasteiger partial charge in [0, 0.05) is 6.04 Å². The van der Waals surface area contributed by atoms with Crippen molar-refractivity contribution in [3.8, 4) is 0 Å². The number of carbonyl (C=O) groups is 1. The number of rotatable bonds is 6. The number of hydrogen-bond acceptors (Lipinski definition) is 8. The topological polar surface area (TPSA) is 96.7 Å². The van der Waals surface area contributed by atoms with E-state index in [1.165, 1.54) is 0 Å². The third-order valence-electron chi connectivity index (χ3n) is 8.86. The zero-order chi connectivity index (χ0) is 30.8. The van der Waals surface area contributed by atoms with Crippen LogP contribution in [0.1, 0.15) is 92.9 Å². The molecule has 2 saturated heterocycles. The highest BCUT2D eigenvalue weighted by Gasteiger charge is 2.57. The first-order valence-corrected chi connectivity index (χ1v) is 18.4. The lowest BCUT2D eigenvalue weighted by Gasteiger charge is -2.37. The number of aromatic nitrogens is 3. The minimum absolute atomic E-state index is 0.0257. The molecular weight excluding hydrogens is 576 g/mol. The highest BCUT2D eigenvalue weighted by Crippen LogP contribution is 2.47. The fourth-order valence-electron chi connectivity index (χ4n) is 5.81. The van der Waals surface area contributed by atoms with Crippen molar-refractivity contribution in [1.82, 2.24) is 14.6 Å². The Kier molecular flexibility index (Phi) is 8.29. The highest BCUT2D eigenvalue weighted by molar-refractivity contribution is 6.74. The predicted molar refractivity (Wildman–Crippen MR) is 164 cm³/mol. The SMILES string of the molecule is CC(C)(C)OC(=O)N(c1nc(Cl)nn2c([C@H]3O[C@H](CO[Si](C)(C)C(C)(C)C)[C@H]4OC(C)(C)O[C@H]43)ccc12)C1CCCC1. The number of fused-ring (bicyclic) bond motifs is 2. The summed E-state index contributed by atoms with van der Waals surface area (Å²) in [6, 6.07) is 3.81. The van der Waals surface area contributed by atoms with E-state index >= 15 is 0 Å². The molecule has 1 aliphatic carbocycles. The van der Waals surface area contributed by atoms with Crippen molar-refractivity contribution in [3.05, 3.63) is 23.1 Å². The largest absolute Gasteiger partial charge is 0.443 e. The molecule has 2 aromatic heterocycles. The molecule has 2 aromatic rings. The smallest absolute Gasteiger partial charge is 0.416 e. The summed E-state index contributed by atoms with van der Waals surface area (Å²) >= 11 is 6.54. The molecule has 1 saturated carbocycles. The third kappa shape index (κ3) is 6.23. The summed E-state index contributed by atoms with van der Waals surface area (Å²) in [7, 11) is -2.02. The number of anilines is 1. The molecule has 42 heavy (non-hydrogen) atoms. The molecule has 0 aromatic carbocycles. The average Bonchev–Trinajstić information content (AvgIpc) is 3.60. The maximum Gasteiger partial charge on any atom is 0.416 e. The first kappa shape index (κ1) is 31.7. The quantitative estimate of drug-likeness (QED) is 0.316. The Morgan fingerprint density at radius 3 is 2.38 bits per heavy atom. The Balaban J connectivity index is 1.51. The molecule has 0 radical (unpaired) electrons. The second-order valence-corrected chi connectivity index (χ2v) is 19.9. The Labute approximate surface area is 255 Å². The van der Waals surface area contributed by atoms with Gasteiger partial charge >= 0.3 is 6.09 Å². The van der Waals surface area contributed by atoms with E-state index in [2.05, 4.69) is 43.9 Å². The van der Waals surface area contributed by atoms with E-state index in [0.717, 1.165) is 31.4 Å². The molecule has 0 bridgehead atoms. The monoisotopic (exact) mass is 622 g/mol. The lowest BCUT2D eigenvalue weighted by atomic mass is 10.1. The van der Waals surface area contributed by atoms with Gasteiger partial charge < -0.3 is 23.4 Å². The number of amides is 1. The van der Waals surface area contributed by atoms with Crippen LogP contribution in [0.15, 0.2) is 12.1 Å². The predicted octanol–water partition coefficient (Wildman–Crippen LogP) is 7.05. The summed E-state index contributed by atoms with van der Waals surface area (Å²) in [6.07, 6.45) is 1.86. The van der Waals surface area contributed by atoms with Gasteiger partial charge in [0.25, 0.3) is 0 Å². The number of carbonyl (C=O) groups excluding carboxylic acids is 1. The van der Waals surface area contributed by atoms with E-state index in [0.29, 0.717) is 17.9 Å². The first-order valence-electron chi connectivity index (χ1n) is 15.1. The van der Waals surface area contributed by atoms with E-state index in [4.69, 9.17) is 35.0 Å². The van der Waals surface area contributed by atoms with Gasteiger partial charge in [0.1, 0.15) is 35.5 Å². The molecule has 3 aliphatic rings. The number of ether oxygens (including phenoxy) is 4. The van der Waals surface area contributed by atoms with Crippen molar-refractivity contribution in [3.63, 3.8) is 0 Å². The van der Waals surface area contributed by atoms with Crippen LogP contribution >= 0.6 is 11.6 Å². The van der Waals surface area contributed by atoms with Crippen LogP contribution in [0.25, 0.3) is 5.52 Å². The normalized spacial score (nSPS) is 26.6. The summed E-state index contributed by atoms with van der Waals surface area (Å²) in [6.45, 7) is 21.0.